The molecule has 1 aromatic carbocycles. The van der Waals surface area contributed by atoms with Gasteiger partial charge in [0.1, 0.15) is 0 Å². The second kappa shape index (κ2) is 4.82. The zero-order valence-corrected chi connectivity index (χ0v) is 10.4. The number of primary sulfonamides is 1. The Morgan fingerprint density at radius 2 is 2.00 bits per heavy atom. The topological polar surface area (TPSA) is 115 Å². The molecule has 0 aliphatic carbocycles. The number of benzene rings is 1. The quantitative estimate of drug-likeness (QED) is 0.702. The Kier molecular flexibility index (Phi) is 3.87. The van der Waals surface area contributed by atoms with Gasteiger partial charge in [0, 0.05) is 5.69 Å². The van der Waals surface area contributed by atoms with Gasteiger partial charge in [0.15, 0.2) is 0 Å². The minimum Gasteiger partial charge on any atom is -0.324 e. The maximum Gasteiger partial charge on any atom is 0.241 e. The van der Waals surface area contributed by atoms with Crippen molar-refractivity contribution < 1.29 is 13.2 Å². The molecule has 1 atom stereocenters. The number of amides is 1. The summed E-state index contributed by atoms with van der Waals surface area (Å²) in [6.07, 6.45) is 0. The van der Waals surface area contributed by atoms with Gasteiger partial charge in [-0.05, 0) is 31.5 Å². The molecule has 0 aliphatic rings. The summed E-state index contributed by atoms with van der Waals surface area (Å²) in [4.78, 5) is 11.4. The van der Waals surface area contributed by atoms with Crippen molar-refractivity contribution in [2.24, 2.45) is 10.9 Å². The molecule has 0 aliphatic heterocycles. The van der Waals surface area contributed by atoms with Gasteiger partial charge in [-0.15, -0.1) is 0 Å². The van der Waals surface area contributed by atoms with E-state index in [1.807, 2.05) is 0 Å². The average molecular weight is 257 g/mol. The molecule has 5 N–H and O–H groups in total. The van der Waals surface area contributed by atoms with Gasteiger partial charge in [-0.3, -0.25) is 4.79 Å². The lowest BCUT2D eigenvalue weighted by molar-refractivity contribution is -0.117. The fraction of sp³-hybridized carbons (Fsp3) is 0.300. The van der Waals surface area contributed by atoms with Crippen molar-refractivity contribution >= 4 is 21.6 Å². The molecule has 0 unspecified atom stereocenters. The molecule has 7 heteroatoms. The zero-order valence-electron chi connectivity index (χ0n) is 9.60. The summed E-state index contributed by atoms with van der Waals surface area (Å²) in [7, 11) is -3.78. The largest absolute Gasteiger partial charge is 0.324 e. The van der Waals surface area contributed by atoms with Gasteiger partial charge in [0.2, 0.25) is 15.9 Å². The third kappa shape index (κ3) is 3.52. The smallest absolute Gasteiger partial charge is 0.241 e. The van der Waals surface area contributed by atoms with E-state index in [9.17, 15) is 13.2 Å². The Hall–Kier alpha value is -1.44. The summed E-state index contributed by atoms with van der Waals surface area (Å²) < 4.78 is 22.3. The first-order valence-corrected chi connectivity index (χ1v) is 6.46. The molecule has 0 heterocycles. The van der Waals surface area contributed by atoms with Gasteiger partial charge in [-0.25, -0.2) is 13.6 Å². The molecule has 1 amide bonds. The normalized spacial score (nSPS) is 13.2. The number of hydrogen-bond donors (Lipinski definition) is 3. The highest BCUT2D eigenvalue weighted by Crippen LogP contribution is 2.19. The highest BCUT2D eigenvalue weighted by molar-refractivity contribution is 7.89. The van der Waals surface area contributed by atoms with Crippen molar-refractivity contribution in [1.82, 2.24) is 0 Å². The summed E-state index contributed by atoms with van der Waals surface area (Å²) in [6.45, 7) is 3.28. The number of rotatable bonds is 3. The zero-order chi connectivity index (χ0) is 13.2. The number of nitrogens with two attached hydrogens (primary N) is 2. The third-order valence-electron chi connectivity index (χ3n) is 2.21. The van der Waals surface area contributed by atoms with E-state index in [2.05, 4.69) is 5.32 Å². The molecule has 0 bridgehead atoms. The van der Waals surface area contributed by atoms with Crippen molar-refractivity contribution in [1.29, 1.82) is 0 Å². The molecule has 0 spiro atoms. The van der Waals surface area contributed by atoms with E-state index < -0.39 is 16.1 Å². The second-order valence-corrected chi connectivity index (χ2v) is 5.36. The first-order valence-electron chi connectivity index (χ1n) is 4.91. The fourth-order valence-electron chi connectivity index (χ4n) is 1.16. The monoisotopic (exact) mass is 257 g/mol. The van der Waals surface area contributed by atoms with Crippen LogP contribution in [0.3, 0.4) is 0 Å². The summed E-state index contributed by atoms with van der Waals surface area (Å²) in [6, 6.07) is 3.58. The van der Waals surface area contributed by atoms with Crippen LogP contribution >= 0.6 is 0 Å². The maximum absolute atomic E-state index is 11.4. The van der Waals surface area contributed by atoms with Crippen LogP contribution in [-0.4, -0.2) is 20.4 Å². The van der Waals surface area contributed by atoms with Crippen molar-refractivity contribution in [3.63, 3.8) is 0 Å². The van der Waals surface area contributed by atoms with Crippen LogP contribution in [0.2, 0.25) is 0 Å². The molecule has 0 aromatic heterocycles. The highest BCUT2D eigenvalue weighted by Gasteiger charge is 2.13. The van der Waals surface area contributed by atoms with Crippen LogP contribution in [0.4, 0.5) is 5.69 Å². The maximum atomic E-state index is 11.4. The van der Waals surface area contributed by atoms with Crippen molar-refractivity contribution in [2.45, 2.75) is 24.8 Å². The molecule has 1 aromatic rings. The van der Waals surface area contributed by atoms with Crippen molar-refractivity contribution in [3.05, 3.63) is 23.8 Å². The van der Waals surface area contributed by atoms with Gasteiger partial charge in [-0.1, -0.05) is 6.07 Å². The molecule has 17 heavy (non-hydrogen) atoms. The number of hydrogen-bond acceptors (Lipinski definition) is 4. The lowest BCUT2D eigenvalue weighted by Crippen LogP contribution is -2.32. The van der Waals surface area contributed by atoms with E-state index in [4.69, 9.17) is 10.9 Å². The molecule has 0 saturated carbocycles. The van der Waals surface area contributed by atoms with E-state index in [1.165, 1.54) is 19.1 Å². The number of carbonyl (C=O) groups excluding carboxylic acids is 1. The number of aryl methyl sites for hydroxylation is 1. The van der Waals surface area contributed by atoms with Gasteiger partial charge >= 0.3 is 0 Å². The van der Waals surface area contributed by atoms with Crippen molar-refractivity contribution in [3.8, 4) is 0 Å². The third-order valence-corrected chi connectivity index (χ3v) is 3.12. The minimum absolute atomic E-state index is 0.0527. The van der Waals surface area contributed by atoms with Crippen LogP contribution in [0, 0.1) is 6.92 Å². The Bertz CT molecular complexity index is 538. The molecule has 1 rings (SSSR count). The standard InChI is InChI=1S/C10H15N3O3S/c1-6-3-4-8(17(12,15)16)5-9(6)13-10(14)7(2)11/h3-5,7H,11H2,1-2H3,(H,13,14)(H2,12,15,16)/t7-/m0/s1. The van der Waals surface area contributed by atoms with Crippen LogP contribution in [-0.2, 0) is 14.8 Å². The van der Waals surface area contributed by atoms with Crippen LogP contribution in [0.1, 0.15) is 12.5 Å². The van der Waals surface area contributed by atoms with E-state index >= 15 is 0 Å². The van der Waals surface area contributed by atoms with E-state index in [0.717, 1.165) is 5.56 Å². The summed E-state index contributed by atoms with van der Waals surface area (Å²) in [5, 5.41) is 7.54. The number of nitrogens with one attached hydrogen (secondary N) is 1. The molecule has 0 fully saturated rings. The molecule has 0 saturated heterocycles. The van der Waals surface area contributed by atoms with Gasteiger partial charge in [0.05, 0.1) is 10.9 Å². The number of carbonyl (C=O) groups is 1. The number of anilines is 1. The van der Waals surface area contributed by atoms with Crippen LogP contribution in [0.25, 0.3) is 0 Å². The Balaban J connectivity index is 3.12. The van der Waals surface area contributed by atoms with Crippen LogP contribution in [0.5, 0.6) is 0 Å². The first kappa shape index (κ1) is 13.6. The molecular formula is C10H15N3O3S. The second-order valence-electron chi connectivity index (χ2n) is 3.80. The Labute approximate surface area is 100 Å². The SMILES string of the molecule is Cc1ccc(S(N)(=O)=O)cc1NC(=O)[C@H](C)N. The molecular weight excluding hydrogens is 242 g/mol. The van der Waals surface area contributed by atoms with Crippen LogP contribution in [0.15, 0.2) is 23.1 Å². The highest BCUT2D eigenvalue weighted by atomic mass is 32.2. The Morgan fingerprint density at radius 3 is 2.47 bits per heavy atom. The predicted molar refractivity (Wildman–Crippen MR) is 64.8 cm³/mol. The number of sulfonamides is 1. The van der Waals surface area contributed by atoms with E-state index in [-0.39, 0.29) is 10.8 Å². The van der Waals surface area contributed by atoms with Crippen LogP contribution < -0.4 is 16.2 Å². The Morgan fingerprint density at radius 1 is 1.41 bits per heavy atom. The summed E-state index contributed by atoms with van der Waals surface area (Å²) in [5.41, 5.74) is 6.52. The van der Waals surface area contributed by atoms with Gasteiger partial charge in [-0.2, -0.15) is 0 Å². The van der Waals surface area contributed by atoms with E-state index in [1.54, 1.807) is 13.0 Å². The lowest BCUT2D eigenvalue weighted by Gasteiger charge is -2.11. The minimum atomic E-state index is -3.78. The molecule has 94 valence electrons. The lowest BCUT2D eigenvalue weighted by atomic mass is 10.2. The van der Waals surface area contributed by atoms with Gasteiger partial charge in [0.25, 0.3) is 0 Å². The summed E-state index contributed by atoms with van der Waals surface area (Å²) in [5.74, 6) is -0.389. The predicted octanol–water partition coefficient (Wildman–Crippen LogP) is -0.0719. The van der Waals surface area contributed by atoms with E-state index in [0.29, 0.717) is 5.69 Å². The fourth-order valence-corrected chi connectivity index (χ4v) is 1.70. The average Bonchev–Trinajstić information content (AvgIpc) is 2.19. The molecule has 0 radical (unpaired) electrons. The van der Waals surface area contributed by atoms with Crippen molar-refractivity contribution in [2.75, 3.05) is 5.32 Å². The summed E-state index contributed by atoms with van der Waals surface area (Å²) >= 11 is 0. The van der Waals surface area contributed by atoms with Gasteiger partial charge < -0.3 is 11.1 Å². The molecule has 6 nitrogen and oxygen atoms in total. The first-order chi connectivity index (χ1) is 7.71.